The molecule has 16 heavy (non-hydrogen) atoms. The summed E-state index contributed by atoms with van der Waals surface area (Å²) in [6.45, 7) is 16.2. The lowest BCUT2D eigenvalue weighted by molar-refractivity contribution is 0.385. The molecule has 0 saturated heterocycles. The van der Waals surface area contributed by atoms with Gasteiger partial charge in [-0.2, -0.15) is 0 Å². The van der Waals surface area contributed by atoms with Gasteiger partial charge in [-0.3, -0.25) is 0 Å². The minimum Gasteiger partial charge on any atom is -0.0991 e. The molecule has 1 saturated carbocycles. The maximum atomic E-state index is 3.78. The summed E-state index contributed by atoms with van der Waals surface area (Å²) >= 11 is 0. The van der Waals surface area contributed by atoms with Crippen LogP contribution in [0.2, 0.25) is 0 Å². The van der Waals surface area contributed by atoms with Gasteiger partial charge in [-0.05, 0) is 35.8 Å². The zero-order valence-electron chi connectivity index (χ0n) is 11.3. The highest BCUT2D eigenvalue weighted by Gasteiger charge is 2.24. The molecule has 1 fully saturated rings. The van der Waals surface area contributed by atoms with Gasteiger partial charge in [-0.25, -0.2) is 0 Å². The largest absolute Gasteiger partial charge is 0.0991 e. The standard InChI is InChI=1S/C14H20.C2H6/c1-5-7-13-10-9-11(3)12(4)14(13)8-6-2;1-2/h5-8,11-12H,1-2,9-10H2,3-4H3;1-2H3/b13-7-,14-8-;. The van der Waals surface area contributed by atoms with Crippen LogP contribution in [-0.2, 0) is 0 Å². The average Bonchev–Trinajstić information content (AvgIpc) is 2.31. The summed E-state index contributed by atoms with van der Waals surface area (Å²) in [5, 5.41) is 0. The highest BCUT2D eigenvalue weighted by atomic mass is 14.3. The van der Waals surface area contributed by atoms with Gasteiger partial charge in [0.2, 0.25) is 0 Å². The van der Waals surface area contributed by atoms with Crippen molar-refractivity contribution >= 4 is 0 Å². The van der Waals surface area contributed by atoms with Gasteiger partial charge in [0.15, 0.2) is 0 Å². The molecule has 0 nitrogen and oxygen atoms in total. The Bertz CT molecular complexity index is 278. The highest BCUT2D eigenvalue weighted by molar-refractivity contribution is 5.39. The van der Waals surface area contributed by atoms with E-state index in [1.807, 2.05) is 26.0 Å². The van der Waals surface area contributed by atoms with E-state index in [4.69, 9.17) is 0 Å². The second-order valence-corrected chi connectivity index (χ2v) is 4.09. The smallest absolute Gasteiger partial charge is 0.0162 e. The fourth-order valence-corrected chi connectivity index (χ4v) is 2.08. The molecule has 2 atom stereocenters. The van der Waals surface area contributed by atoms with Gasteiger partial charge in [-0.15, -0.1) is 0 Å². The van der Waals surface area contributed by atoms with Crippen molar-refractivity contribution in [2.24, 2.45) is 11.8 Å². The summed E-state index contributed by atoms with van der Waals surface area (Å²) in [7, 11) is 0. The summed E-state index contributed by atoms with van der Waals surface area (Å²) in [6.07, 6.45) is 10.5. The first-order valence-electron chi connectivity index (χ1n) is 6.35. The lowest BCUT2D eigenvalue weighted by Crippen LogP contribution is -2.18. The lowest BCUT2D eigenvalue weighted by atomic mass is 9.75. The Morgan fingerprint density at radius 3 is 2.12 bits per heavy atom. The van der Waals surface area contributed by atoms with E-state index in [-0.39, 0.29) is 0 Å². The molecule has 1 aliphatic carbocycles. The maximum absolute atomic E-state index is 3.78. The van der Waals surface area contributed by atoms with Crippen LogP contribution in [0.3, 0.4) is 0 Å². The summed E-state index contributed by atoms with van der Waals surface area (Å²) in [5.74, 6) is 1.43. The Balaban J connectivity index is 0.00000106. The molecule has 0 aromatic carbocycles. The molecule has 1 rings (SSSR count). The van der Waals surface area contributed by atoms with Crippen molar-refractivity contribution in [2.45, 2.75) is 40.5 Å². The third kappa shape index (κ3) is 3.84. The van der Waals surface area contributed by atoms with Crippen LogP contribution in [0.1, 0.15) is 40.5 Å². The molecule has 0 aromatic rings. The SMILES string of the molecule is C=C/C=C1/CCC(C)C(C)/C1=C/C=C.CC. The van der Waals surface area contributed by atoms with Gasteiger partial charge in [0.25, 0.3) is 0 Å². The number of hydrogen-bond donors (Lipinski definition) is 0. The van der Waals surface area contributed by atoms with Crippen molar-refractivity contribution in [1.82, 2.24) is 0 Å². The average molecular weight is 218 g/mol. The van der Waals surface area contributed by atoms with E-state index in [1.165, 1.54) is 24.0 Å². The first-order chi connectivity index (χ1) is 7.70. The molecule has 0 bridgehead atoms. The predicted molar refractivity (Wildman–Crippen MR) is 75.5 cm³/mol. The molecule has 0 aliphatic heterocycles. The van der Waals surface area contributed by atoms with E-state index in [9.17, 15) is 0 Å². The van der Waals surface area contributed by atoms with Crippen LogP contribution in [0, 0.1) is 11.8 Å². The van der Waals surface area contributed by atoms with Crippen LogP contribution in [0.5, 0.6) is 0 Å². The molecular formula is C16H26. The topological polar surface area (TPSA) is 0 Å². The maximum Gasteiger partial charge on any atom is -0.0162 e. The fourth-order valence-electron chi connectivity index (χ4n) is 2.08. The summed E-state index contributed by atoms with van der Waals surface area (Å²) in [4.78, 5) is 0. The van der Waals surface area contributed by atoms with Gasteiger partial charge in [0, 0.05) is 0 Å². The van der Waals surface area contributed by atoms with Gasteiger partial charge >= 0.3 is 0 Å². The molecule has 90 valence electrons. The van der Waals surface area contributed by atoms with Crippen LogP contribution in [0.15, 0.2) is 48.6 Å². The number of rotatable bonds is 2. The molecule has 0 aromatic heterocycles. The number of allylic oxidation sites excluding steroid dienone is 6. The van der Waals surface area contributed by atoms with E-state index in [0.717, 1.165) is 5.92 Å². The molecular weight excluding hydrogens is 192 g/mol. The first kappa shape index (κ1) is 15.0. The second kappa shape index (κ2) is 8.15. The van der Waals surface area contributed by atoms with Crippen molar-refractivity contribution in [2.75, 3.05) is 0 Å². The minimum atomic E-state index is 0.646. The van der Waals surface area contributed by atoms with Crippen LogP contribution < -0.4 is 0 Å². The Labute approximate surface area is 101 Å². The van der Waals surface area contributed by atoms with Crippen molar-refractivity contribution in [1.29, 1.82) is 0 Å². The van der Waals surface area contributed by atoms with E-state index >= 15 is 0 Å². The van der Waals surface area contributed by atoms with Crippen LogP contribution >= 0.6 is 0 Å². The van der Waals surface area contributed by atoms with Crippen LogP contribution in [-0.4, -0.2) is 0 Å². The Kier molecular flexibility index (Phi) is 7.62. The summed E-state index contributed by atoms with van der Waals surface area (Å²) < 4.78 is 0. The Hall–Kier alpha value is -1.04. The molecule has 0 N–H and O–H groups in total. The molecule has 0 heteroatoms. The van der Waals surface area contributed by atoms with Crippen LogP contribution in [0.25, 0.3) is 0 Å². The van der Waals surface area contributed by atoms with Crippen LogP contribution in [0.4, 0.5) is 0 Å². The molecule has 0 spiro atoms. The highest BCUT2D eigenvalue weighted by Crippen LogP contribution is 2.37. The molecule has 0 amide bonds. The zero-order valence-corrected chi connectivity index (χ0v) is 11.3. The van der Waals surface area contributed by atoms with Gasteiger partial charge in [0.05, 0.1) is 0 Å². The quantitative estimate of drug-likeness (QED) is 0.589. The normalized spacial score (nSPS) is 29.5. The lowest BCUT2D eigenvalue weighted by Gasteiger charge is -2.30. The van der Waals surface area contributed by atoms with Crippen molar-refractivity contribution in [3.8, 4) is 0 Å². The Morgan fingerprint density at radius 2 is 1.62 bits per heavy atom. The first-order valence-corrected chi connectivity index (χ1v) is 6.35. The summed E-state index contributed by atoms with van der Waals surface area (Å²) in [6, 6.07) is 0. The predicted octanol–water partition coefficient (Wildman–Crippen LogP) is 5.30. The van der Waals surface area contributed by atoms with Crippen molar-refractivity contribution < 1.29 is 0 Å². The zero-order chi connectivity index (χ0) is 12.6. The van der Waals surface area contributed by atoms with Gasteiger partial charge < -0.3 is 0 Å². The molecule has 2 unspecified atom stereocenters. The molecule has 0 radical (unpaired) electrons. The summed E-state index contributed by atoms with van der Waals surface area (Å²) in [5.41, 5.74) is 2.88. The fraction of sp³-hybridized carbons (Fsp3) is 0.500. The van der Waals surface area contributed by atoms with E-state index in [1.54, 1.807) is 0 Å². The second-order valence-electron chi connectivity index (χ2n) is 4.09. The Morgan fingerprint density at radius 1 is 1.06 bits per heavy atom. The monoisotopic (exact) mass is 218 g/mol. The van der Waals surface area contributed by atoms with E-state index in [0.29, 0.717) is 5.92 Å². The third-order valence-electron chi connectivity index (χ3n) is 3.20. The minimum absolute atomic E-state index is 0.646. The molecule has 1 aliphatic rings. The van der Waals surface area contributed by atoms with Crippen molar-refractivity contribution in [3.63, 3.8) is 0 Å². The van der Waals surface area contributed by atoms with Gasteiger partial charge in [0.1, 0.15) is 0 Å². The van der Waals surface area contributed by atoms with Crippen molar-refractivity contribution in [3.05, 3.63) is 48.6 Å². The van der Waals surface area contributed by atoms with Gasteiger partial charge in [-0.1, -0.05) is 65.2 Å². The van der Waals surface area contributed by atoms with E-state index in [2.05, 4.69) is 39.2 Å². The third-order valence-corrected chi connectivity index (χ3v) is 3.20. The molecule has 0 heterocycles. The van der Waals surface area contributed by atoms with E-state index < -0.39 is 0 Å². The number of hydrogen-bond acceptors (Lipinski definition) is 0.